The van der Waals surface area contributed by atoms with Crippen molar-refractivity contribution in [2.24, 2.45) is 0 Å². The molecule has 0 aliphatic carbocycles. The molecule has 0 bridgehead atoms. The van der Waals surface area contributed by atoms with Crippen molar-refractivity contribution >= 4 is 0 Å². The molecule has 3 heteroatoms. The molecule has 1 aromatic rings. The third-order valence-corrected chi connectivity index (χ3v) is 3.65. The predicted molar refractivity (Wildman–Crippen MR) is 63.5 cm³/mol. The molecule has 1 atom stereocenters. The Kier molecular flexibility index (Phi) is 3.36. The van der Waals surface area contributed by atoms with Gasteiger partial charge < -0.3 is 14.5 Å². The van der Waals surface area contributed by atoms with E-state index in [9.17, 15) is 0 Å². The van der Waals surface area contributed by atoms with Crippen LogP contribution in [0.3, 0.4) is 0 Å². The van der Waals surface area contributed by atoms with Gasteiger partial charge >= 0.3 is 0 Å². The fourth-order valence-electron chi connectivity index (χ4n) is 2.63. The monoisotopic (exact) mass is 223 g/mol. The average Bonchev–Trinajstić information content (AvgIpc) is 2.75. The van der Waals surface area contributed by atoms with Crippen LogP contribution in [0.2, 0.25) is 0 Å². The highest BCUT2D eigenvalue weighted by atomic mass is 16.5. The quantitative estimate of drug-likeness (QED) is 0.855. The summed E-state index contributed by atoms with van der Waals surface area (Å²) in [4.78, 5) is 0. The largest absolute Gasteiger partial charge is 0.469 e. The first-order chi connectivity index (χ1) is 7.72. The van der Waals surface area contributed by atoms with Gasteiger partial charge in [-0.25, -0.2) is 0 Å². The number of hydrogen-bond acceptors (Lipinski definition) is 3. The van der Waals surface area contributed by atoms with E-state index in [1.54, 1.807) is 0 Å². The Balaban J connectivity index is 2.29. The van der Waals surface area contributed by atoms with Crippen molar-refractivity contribution in [3.8, 4) is 0 Å². The first-order valence-electron chi connectivity index (χ1n) is 6.14. The number of furan rings is 1. The van der Waals surface area contributed by atoms with E-state index in [1.165, 1.54) is 5.56 Å². The van der Waals surface area contributed by atoms with Crippen LogP contribution in [-0.2, 0) is 4.74 Å². The number of hydrogen-bond donors (Lipinski definition) is 1. The van der Waals surface area contributed by atoms with E-state index in [2.05, 4.69) is 25.2 Å². The van der Waals surface area contributed by atoms with Gasteiger partial charge in [-0.3, -0.25) is 0 Å². The molecular weight excluding hydrogens is 202 g/mol. The maximum atomic E-state index is 6.04. The Morgan fingerprint density at radius 2 is 2.19 bits per heavy atom. The molecule has 3 nitrogen and oxygen atoms in total. The van der Waals surface area contributed by atoms with Crippen molar-refractivity contribution < 1.29 is 9.15 Å². The second kappa shape index (κ2) is 4.60. The minimum Gasteiger partial charge on any atom is -0.469 e. The predicted octanol–water partition coefficient (Wildman–Crippen LogP) is 2.81. The molecule has 1 aliphatic heterocycles. The van der Waals surface area contributed by atoms with Crippen LogP contribution in [-0.4, -0.2) is 18.8 Å². The van der Waals surface area contributed by atoms with Gasteiger partial charge in [0.1, 0.15) is 5.76 Å². The van der Waals surface area contributed by atoms with Gasteiger partial charge in [0.2, 0.25) is 0 Å². The van der Waals surface area contributed by atoms with Gasteiger partial charge in [-0.05, 0) is 25.8 Å². The van der Waals surface area contributed by atoms with Crippen LogP contribution in [0.25, 0.3) is 0 Å². The van der Waals surface area contributed by atoms with Gasteiger partial charge in [0.05, 0.1) is 24.5 Å². The summed E-state index contributed by atoms with van der Waals surface area (Å²) in [6.45, 7) is 8.07. The summed E-state index contributed by atoms with van der Waals surface area (Å²) in [6, 6.07) is 2.36. The molecule has 1 N–H and O–H groups in total. The van der Waals surface area contributed by atoms with Crippen molar-refractivity contribution in [3.63, 3.8) is 0 Å². The van der Waals surface area contributed by atoms with Crippen LogP contribution in [0.15, 0.2) is 16.7 Å². The highest BCUT2D eigenvalue weighted by Gasteiger charge is 2.40. The number of morpholine rings is 1. The molecule has 0 radical (unpaired) electrons. The molecule has 90 valence electrons. The lowest BCUT2D eigenvalue weighted by molar-refractivity contribution is -0.103. The van der Waals surface area contributed by atoms with Gasteiger partial charge in [-0.1, -0.05) is 13.8 Å². The van der Waals surface area contributed by atoms with Crippen molar-refractivity contribution in [1.29, 1.82) is 0 Å². The van der Waals surface area contributed by atoms with Gasteiger partial charge in [0.25, 0.3) is 0 Å². The van der Waals surface area contributed by atoms with Gasteiger partial charge in [0, 0.05) is 12.1 Å². The zero-order valence-electron chi connectivity index (χ0n) is 10.4. The van der Waals surface area contributed by atoms with E-state index < -0.39 is 0 Å². The second-order valence-electron chi connectivity index (χ2n) is 4.50. The molecule has 2 rings (SSSR count). The zero-order chi connectivity index (χ0) is 11.6. The molecule has 0 aromatic carbocycles. The molecule has 16 heavy (non-hydrogen) atoms. The Bertz CT molecular complexity index is 341. The van der Waals surface area contributed by atoms with Crippen LogP contribution >= 0.6 is 0 Å². The summed E-state index contributed by atoms with van der Waals surface area (Å²) in [5, 5.41) is 3.56. The maximum Gasteiger partial charge on any atom is 0.101 e. The Morgan fingerprint density at radius 1 is 1.44 bits per heavy atom. The first-order valence-corrected chi connectivity index (χ1v) is 6.14. The third kappa shape index (κ3) is 1.89. The van der Waals surface area contributed by atoms with Crippen LogP contribution in [0.5, 0.6) is 0 Å². The van der Waals surface area contributed by atoms with Gasteiger partial charge in [0.15, 0.2) is 0 Å². The Hall–Kier alpha value is -0.800. The number of ether oxygens (including phenoxy) is 1. The van der Waals surface area contributed by atoms with E-state index in [1.807, 2.05) is 13.2 Å². The van der Waals surface area contributed by atoms with E-state index >= 15 is 0 Å². The summed E-state index contributed by atoms with van der Waals surface area (Å²) in [5.74, 6) is 0.962. The molecule has 2 heterocycles. The molecule has 1 fully saturated rings. The van der Waals surface area contributed by atoms with E-state index in [0.29, 0.717) is 0 Å². The molecule has 1 aromatic heterocycles. The molecule has 0 spiro atoms. The van der Waals surface area contributed by atoms with Crippen LogP contribution in [0, 0.1) is 6.92 Å². The Morgan fingerprint density at radius 3 is 2.75 bits per heavy atom. The van der Waals surface area contributed by atoms with Crippen LogP contribution < -0.4 is 5.32 Å². The summed E-state index contributed by atoms with van der Waals surface area (Å²) >= 11 is 0. The topological polar surface area (TPSA) is 34.4 Å². The van der Waals surface area contributed by atoms with E-state index in [-0.39, 0.29) is 11.6 Å². The number of nitrogens with one attached hydrogen (secondary N) is 1. The van der Waals surface area contributed by atoms with Crippen molar-refractivity contribution in [2.75, 3.05) is 13.2 Å². The van der Waals surface area contributed by atoms with Crippen LogP contribution in [0.1, 0.15) is 44.1 Å². The normalized spacial score (nSPS) is 24.6. The summed E-state index contributed by atoms with van der Waals surface area (Å²) in [6.07, 6.45) is 3.89. The van der Waals surface area contributed by atoms with Crippen LogP contribution in [0.4, 0.5) is 0 Å². The summed E-state index contributed by atoms with van der Waals surface area (Å²) < 4.78 is 11.4. The molecule has 1 aliphatic rings. The molecule has 1 unspecified atom stereocenters. The van der Waals surface area contributed by atoms with E-state index in [4.69, 9.17) is 9.15 Å². The van der Waals surface area contributed by atoms with E-state index in [0.717, 1.165) is 31.8 Å². The maximum absolute atomic E-state index is 6.04. The van der Waals surface area contributed by atoms with Crippen molar-refractivity contribution in [3.05, 3.63) is 23.7 Å². The first kappa shape index (κ1) is 11.7. The zero-order valence-corrected chi connectivity index (χ0v) is 10.4. The standard InChI is InChI=1S/C13H21NO2/c1-4-13(5-2)12(14-6-7-16-13)11-8-10(3)15-9-11/h8-9,12,14H,4-7H2,1-3H3. The number of rotatable bonds is 3. The smallest absolute Gasteiger partial charge is 0.101 e. The molecule has 0 amide bonds. The highest BCUT2D eigenvalue weighted by Crippen LogP contribution is 2.37. The SMILES string of the molecule is CCC1(CC)OCCNC1c1coc(C)c1. The van der Waals surface area contributed by atoms with Gasteiger partial charge in [-0.15, -0.1) is 0 Å². The average molecular weight is 223 g/mol. The fraction of sp³-hybridized carbons (Fsp3) is 0.692. The van der Waals surface area contributed by atoms with Gasteiger partial charge in [-0.2, -0.15) is 0 Å². The summed E-state index contributed by atoms with van der Waals surface area (Å²) in [7, 11) is 0. The lowest BCUT2D eigenvalue weighted by atomic mass is 9.83. The van der Waals surface area contributed by atoms with Crippen molar-refractivity contribution in [1.82, 2.24) is 5.32 Å². The second-order valence-corrected chi connectivity index (χ2v) is 4.50. The molecule has 1 saturated heterocycles. The lowest BCUT2D eigenvalue weighted by Crippen LogP contribution is -2.51. The summed E-state index contributed by atoms with van der Waals surface area (Å²) in [5.41, 5.74) is 1.13. The third-order valence-electron chi connectivity index (χ3n) is 3.65. The molecule has 0 saturated carbocycles. The molecular formula is C13H21NO2. The highest BCUT2D eigenvalue weighted by molar-refractivity contribution is 5.21. The fourth-order valence-corrected chi connectivity index (χ4v) is 2.63. The lowest BCUT2D eigenvalue weighted by Gasteiger charge is -2.43. The number of aryl methyl sites for hydroxylation is 1. The minimum atomic E-state index is -0.0748. The Labute approximate surface area is 97.2 Å². The minimum absolute atomic E-state index is 0.0748. The van der Waals surface area contributed by atoms with Crippen molar-refractivity contribution in [2.45, 2.75) is 45.3 Å².